The van der Waals surface area contributed by atoms with Gasteiger partial charge in [-0.3, -0.25) is 0 Å². The summed E-state index contributed by atoms with van der Waals surface area (Å²) in [6.07, 6.45) is 4.13. The van der Waals surface area contributed by atoms with Gasteiger partial charge in [0.05, 0.1) is 12.4 Å². The van der Waals surface area contributed by atoms with Crippen LogP contribution in [0, 0.1) is 0 Å². The lowest BCUT2D eigenvalue weighted by Crippen LogP contribution is -2.29. The van der Waals surface area contributed by atoms with Gasteiger partial charge in [-0.25, -0.2) is 23.1 Å². The first-order chi connectivity index (χ1) is 9.33. The van der Waals surface area contributed by atoms with Gasteiger partial charge < -0.3 is 10.6 Å². The average molecular weight is 301 g/mol. The summed E-state index contributed by atoms with van der Waals surface area (Å²) in [7, 11) is -1.48. The number of nitrogens with one attached hydrogen (secondary N) is 1. The van der Waals surface area contributed by atoms with Crippen LogP contribution in [0.25, 0.3) is 0 Å². The Morgan fingerprint density at radius 1 is 1.30 bits per heavy atom. The average Bonchev–Trinajstić information content (AvgIpc) is 2.38. The van der Waals surface area contributed by atoms with Crippen molar-refractivity contribution in [2.75, 3.05) is 25.9 Å². The van der Waals surface area contributed by atoms with Crippen LogP contribution in [0.3, 0.4) is 0 Å². The van der Waals surface area contributed by atoms with E-state index in [0.29, 0.717) is 12.6 Å². The van der Waals surface area contributed by atoms with Crippen LogP contribution < -0.4 is 10.5 Å². The van der Waals surface area contributed by atoms with Crippen molar-refractivity contribution in [2.24, 2.45) is 0 Å². The number of nitrogens with zero attached hydrogens (tertiary/aromatic N) is 3. The SMILES string of the molecule is CC(C)N(C)CCCCNS(=O)(=O)c1cnc(N)nc1. The Hall–Kier alpha value is -1.25. The van der Waals surface area contributed by atoms with Gasteiger partial charge in [0.1, 0.15) is 4.90 Å². The molecule has 0 saturated carbocycles. The van der Waals surface area contributed by atoms with Crippen LogP contribution in [0.5, 0.6) is 0 Å². The number of hydrogen-bond donors (Lipinski definition) is 2. The van der Waals surface area contributed by atoms with Gasteiger partial charge in [0.15, 0.2) is 0 Å². The molecule has 0 atom stereocenters. The summed E-state index contributed by atoms with van der Waals surface area (Å²) in [5.41, 5.74) is 5.32. The molecule has 0 saturated heterocycles. The van der Waals surface area contributed by atoms with Crippen LogP contribution in [-0.2, 0) is 10.0 Å². The number of nitrogens with two attached hydrogens (primary N) is 1. The highest BCUT2D eigenvalue weighted by Crippen LogP contribution is 2.06. The molecule has 0 bridgehead atoms. The van der Waals surface area contributed by atoms with Crippen LogP contribution in [0.4, 0.5) is 5.95 Å². The fourth-order valence-corrected chi connectivity index (χ4v) is 2.46. The zero-order valence-corrected chi connectivity index (χ0v) is 13.0. The van der Waals surface area contributed by atoms with E-state index in [1.165, 1.54) is 12.4 Å². The Morgan fingerprint density at radius 2 is 1.90 bits per heavy atom. The molecule has 7 nitrogen and oxygen atoms in total. The molecule has 1 rings (SSSR count). The minimum Gasteiger partial charge on any atom is -0.368 e. The summed E-state index contributed by atoms with van der Waals surface area (Å²) < 4.78 is 26.3. The highest BCUT2D eigenvalue weighted by molar-refractivity contribution is 7.89. The molecule has 0 aliphatic carbocycles. The van der Waals surface area contributed by atoms with Gasteiger partial charge in [-0.15, -0.1) is 0 Å². The second kappa shape index (κ2) is 7.51. The molecule has 1 heterocycles. The Bertz CT molecular complexity index is 501. The lowest BCUT2D eigenvalue weighted by Gasteiger charge is -2.20. The smallest absolute Gasteiger partial charge is 0.243 e. The fourth-order valence-electron chi connectivity index (χ4n) is 1.50. The van der Waals surface area contributed by atoms with E-state index in [0.717, 1.165) is 19.4 Å². The predicted molar refractivity (Wildman–Crippen MR) is 78.6 cm³/mol. The molecule has 1 aromatic heterocycles. The molecular formula is C12H23N5O2S. The molecule has 0 amide bonds. The van der Waals surface area contributed by atoms with Gasteiger partial charge in [-0.1, -0.05) is 0 Å². The van der Waals surface area contributed by atoms with E-state index in [1.54, 1.807) is 0 Å². The number of hydrogen-bond acceptors (Lipinski definition) is 6. The molecule has 1 aromatic rings. The van der Waals surface area contributed by atoms with Gasteiger partial charge in [0.2, 0.25) is 16.0 Å². The highest BCUT2D eigenvalue weighted by atomic mass is 32.2. The molecule has 0 fully saturated rings. The maximum atomic E-state index is 11.9. The zero-order chi connectivity index (χ0) is 15.2. The summed E-state index contributed by atoms with van der Waals surface area (Å²) in [6, 6.07) is 0.499. The van der Waals surface area contributed by atoms with Crippen molar-refractivity contribution < 1.29 is 8.42 Å². The number of nitrogen functional groups attached to an aromatic ring is 1. The van der Waals surface area contributed by atoms with Crippen molar-refractivity contribution in [3.05, 3.63) is 12.4 Å². The summed E-state index contributed by atoms with van der Waals surface area (Å²) in [6.45, 7) is 5.61. The number of rotatable bonds is 8. The predicted octanol–water partition coefficient (Wildman–Crippen LogP) is 0.458. The number of aromatic nitrogens is 2. The Labute approximate surface area is 120 Å². The van der Waals surface area contributed by atoms with Crippen molar-refractivity contribution in [1.29, 1.82) is 0 Å². The minimum atomic E-state index is -3.54. The van der Waals surface area contributed by atoms with E-state index in [1.807, 2.05) is 0 Å². The summed E-state index contributed by atoms with van der Waals surface area (Å²) in [4.78, 5) is 9.60. The van der Waals surface area contributed by atoms with E-state index in [4.69, 9.17) is 5.73 Å². The van der Waals surface area contributed by atoms with Crippen molar-refractivity contribution in [1.82, 2.24) is 19.6 Å². The molecule has 8 heteroatoms. The summed E-state index contributed by atoms with van der Waals surface area (Å²) >= 11 is 0. The molecule has 114 valence electrons. The zero-order valence-electron chi connectivity index (χ0n) is 12.2. The molecule has 3 N–H and O–H groups in total. The van der Waals surface area contributed by atoms with E-state index in [-0.39, 0.29) is 10.8 Å². The van der Waals surface area contributed by atoms with Crippen molar-refractivity contribution in [3.63, 3.8) is 0 Å². The summed E-state index contributed by atoms with van der Waals surface area (Å²) in [5.74, 6) is 0.0562. The molecule has 0 spiro atoms. The van der Waals surface area contributed by atoms with Gasteiger partial charge in [-0.2, -0.15) is 0 Å². The molecule has 0 aromatic carbocycles. The third kappa shape index (κ3) is 5.40. The first-order valence-electron chi connectivity index (χ1n) is 6.60. The number of sulfonamides is 1. The third-order valence-electron chi connectivity index (χ3n) is 3.07. The van der Waals surface area contributed by atoms with E-state index in [2.05, 4.69) is 40.5 Å². The van der Waals surface area contributed by atoms with Crippen LogP contribution in [0.2, 0.25) is 0 Å². The maximum Gasteiger partial charge on any atom is 0.243 e. The van der Waals surface area contributed by atoms with E-state index >= 15 is 0 Å². The van der Waals surface area contributed by atoms with Crippen LogP contribution in [-0.4, -0.2) is 49.5 Å². The fraction of sp³-hybridized carbons (Fsp3) is 0.667. The van der Waals surface area contributed by atoms with Crippen molar-refractivity contribution in [3.8, 4) is 0 Å². The molecule has 0 radical (unpaired) electrons. The quantitative estimate of drug-likeness (QED) is 0.676. The third-order valence-corrected chi connectivity index (χ3v) is 4.49. The van der Waals surface area contributed by atoms with Crippen LogP contribution in [0.1, 0.15) is 26.7 Å². The second-order valence-corrected chi connectivity index (χ2v) is 6.72. The van der Waals surface area contributed by atoms with Crippen LogP contribution >= 0.6 is 0 Å². The summed E-state index contributed by atoms with van der Waals surface area (Å²) in [5, 5.41) is 0. The van der Waals surface area contributed by atoms with Crippen molar-refractivity contribution >= 4 is 16.0 Å². The van der Waals surface area contributed by atoms with E-state index in [9.17, 15) is 8.42 Å². The highest BCUT2D eigenvalue weighted by Gasteiger charge is 2.14. The number of unbranched alkanes of at least 4 members (excludes halogenated alkanes) is 1. The van der Waals surface area contributed by atoms with Crippen molar-refractivity contribution in [2.45, 2.75) is 37.6 Å². The Balaban J connectivity index is 2.36. The Kier molecular flexibility index (Phi) is 6.31. The standard InChI is InChI=1S/C12H23N5O2S/c1-10(2)17(3)7-5-4-6-16-20(18,19)11-8-14-12(13)15-9-11/h8-10,16H,4-7H2,1-3H3,(H2,13,14,15). The minimum absolute atomic E-state index is 0.0333. The number of anilines is 1. The lowest BCUT2D eigenvalue weighted by molar-refractivity contribution is 0.268. The van der Waals surface area contributed by atoms with Gasteiger partial charge in [0.25, 0.3) is 0 Å². The topological polar surface area (TPSA) is 101 Å². The lowest BCUT2D eigenvalue weighted by atomic mass is 10.2. The van der Waals surface area contributed by atoms with Gasteiger partial charge in [-0.05, 0) is 40.3 Å². The largest absolute Gasteiger partial charge is 0.368 e. The molecule has 0 unspecified atom stereocenters. The van der Waals surface area contributed by atoms with Gasteiger partial charge in [0, 0.05) is 12.6 Å². The maximum absolute atomic E-state index is 11.9. The second-order valence-electron chi connectivity index (χ2n) is 4.96. The molecule has 0 aliphatic rings. The molecule has 20 heavy (non-hydrogen) atoms. The first kappa shape index (κ1) is 16.8. The van der Waals surface area contributed by atoms with E-state index < -0.39 is 10.0 Å². The normalized spacial score (nSPS) is 12.2. The first-order valence-corrected chi connectivity index (χ1v) is 8.08. The van der Waals surface area contributed by atoms with Gasteiger partial charge >= 0.3 is 0 Å². The molecule has 0 aliphatic heterocycles. The Morgan fingerprint density at radius 3 is 2.45 bits per heavy atom. The van der Waals surface area contributed by atoms with Crippen LogP contribution in [0.15, 0.2) is 17.3 Å². The molecular weight excluding hydrogens is 278 g/mol. The monoisotopic (exact) mass is 301 g/mol.